The molecule has 0 radical (unpaired) electrons. The second-order valence-corrected chi connectivity index (χ2v) is 4.64. The lowest BCUT2D eigenvalue weighted by atomic mass is 10.1. The maximum Gasteiger partial charge on any atom is -0.0178 e. The van der Waals surface area contributed by atoms with E-state index in [0.29, 0.717) is 0 Å². The minimum atomic E-state index is 0.733. The van der Waals surface area contributed by atoms with Gasteiger partial charge in [0, 0.05) is 0 Å². The van der Waals surface area contributed by atoms with Gasteiger partial charge in [-0.25, -0.2) is 0 Å². The monoisotopic (exact) mass is 210 g/mol. The summed E-state index contributed by atoms with van der Waals surface area (Å²) in [6.07, 6.45) is 5.62. The molecule has 0 saturated carbocycles. The van der Waals surface area contributed by atoms with E-state index in [1.54, 1.807) is 0 Å². The molecular formula is C16H18. The zero-order valence-corrected chi connectivity index (χ0v) is 9.98. The molecule has 0 amide bonds. The highest BCUT2D eigenvalue weighted by Crippen LogP contribution is 2.16. The van der Waals surface area contributed by atoms with Crippen LogP contribution in [0.15, 0.2) is 48.5 Å². The molecule has 0 spiro atoms. The van der Waals surface area contributed by atoms with Crippen LogP contribution in [0.2, 0.25) is 0 Å². The Balaban J connectivity index is 2.22. The van der Waals surface area contributed by atoms with Crippen molar-refractivity contribution in [2.45, 2.75) is 20.3 Å². The van der Waals surface area contributed by atoms with Crippen molar-refractivity contribution in [2.24, 2.45) is 5.92 Å². The van der Waals surface area contributed by atoms with Crippen LogP contribution in [0.25, 0.3) is 16.8 Å². The van der Waals surface area contributed by atoms with Crippen LogP contribution >= 0.6 is 0 Å². The van der Waals surface area contributed by atoms with Gasteiger partial charge in [-0.05, 0) is 34.7 Å². The normalized spacial score (nSPS) is 11.7. The first-order chi connectivity index (χ1) is 7.75. The summed E-state index contributed by atoms with van der Waals surface area (Å²) in [5, 5.41) is 2.62. The van der Waals surface area contributed by atoms with Gasteiger partial charge >= 0.3 is 0 Å². The van der Waals surface area contributed by atoms with Crippen molar-refractivity contribution in [1.82, 2.24) is 0 Å². The Morgan fingerprint density at radius 2 is 1.75 bits per heavy atom. The van der Waals surface area contributed by atoms with Crippen molar-refractivity contribution in [3.8, 4) is 0 Å². The van der Waals surface area contributed by atoms with Crippen molar-refractivity contribution in [1.29, 1.82) is 0 Å². The van der Waals surface area contributed by atoms with Gasteiger partial charge in [0.05, 0.1) is 0 Å². The third-order valence-corrected chi connectivity index (χ3v) is 2.69. The molecule has 0 aromatic heterocycles. The van der Waals surface area contributed by atoms with Gasteiger partial charge in [-0.15, -0.1) is 0 Å². The fourth-order valence-electron chi connectivity index (χ4n) is 1.79. The van der Waals surface area contributed by atoms with E-state index < -0.39 is 0 Å². The zero-order chi connectivity index (χ0) is 11.4. The molecule has 2 aromatic rings. The van der Waals surface area contributed by atoms with Gasteiger partial charge in [-0.3, -0.25) is 0 Å². The molecular weight excluding hydrogens is 192 g/mol. The van der Waals surface area contributed by atoms with Crippen LogP contribution in [0.3, 0.4) is 0 Å². The minimum absolute atomic E-state index is 0.733. The lowest BCUT2D eigenvalue weighted by Crippen LogP contribution is -1.81. The highest BCUT2D eigenvalue weighted by atomic mass is 14.0. The largest absolute Gasteiger partial charge is 0.0837 e. The first-order valence-electron chi connectivity index (χ1n) is 5.91. The molecule has 0 aliphatic carbocycles. The molecule has 0 saturated heterocycles. The van der Waals surface area contributed by atoms with Gasteiger partial charge in [-0.1, -0.05) is 62.4 Å². The Morgan fingerprint density at radius 3 is 2.50 bits per heavy atom. The second kappa shape index (κ2) is 4.98. The molecule has 82 valence electrons. The molecule has 2 rings (SSSR count). The van der Waals surface area contributed by atoms with Gasteiger partial charge in [-0.2, -0.15) is 0 Å². The van der Waals surface area contributed by atoms with Crippen LogP contribution in [-0.4, -0.2) is 0 Å². The summed E-state index contributed by atoms with van der Waals surface area (Å²) in [7, 11) is 0. The number of benzene rings is 2. The fraction of sp³-hybridized carbons (Fsp3) is 0.250. The average Bonchev–Trinajstić information content (AvgIpc) is 2.28. The zero-order valence-electron chi connectivity index (χ0n) is 9.98. The first-order valence-corrected chi connectivity index (χ1v) is 5.91. The van der Waals surface area contributed by atoms with Crippen molar-refractivity contribution in [3.63, 3.8) is 0 Å². The summed E-state index contributed by atoms with van der Waals surface area (Å²) in [6.45, 7) is 4.48. The summed E-state index contributed by atoms with van der Waals surface area (Å²) >= 11 is 0. The van der Waals surface area contributed by atoms with Crippen LogP contribution in [0.1, 0.15) is 25.8 Å². The average molecular weight is 210 g/mol. The summed E-state index contributed by atoms with van der Waals surface area (Å²) in [6, 6.07) is 15.1. The Hall–Kier alpha value is -1.56. The van der Waals surface area contributed by atoms with Crippen molar-refractivity contribution in [2.75, 3.05) is 0 Å². The topological polar surface area (TPSA) is 0 Å². The van der Waals surface area contributed by atoms with E-state index in [9.17, 15) is 0 Å². The van der Waals surface area contributed by atoms with Gasteiger partial charge in [0.2, 0.25) is 0 Å². The third kappa shape index (κ3) is 2.73. The molecule has 0 aliphatic rings. The minimum Gasteiger partial charge on any atom is -0.0837 e. The Labute approximate surface area is 97.6 Å². The van der Waals surface area contributed by atoms with Gasteiger partial charge in [0.25, 0.3) is 0 Å². The van der Waals surface area contributed by atoms with E-state index in [0.717, 1.165) is 12.3 Å². The summed E-state index contributed by atoms with van der Waals surface area (Å²) in [4.78, 5) is 0. The Bertz CT molecular complexity index is 492. The highest BCUT2D eigenvalue weighted by Gasteiger charge is 1.93. The van der Waals surface area contributed by atoms with Crippen LogP contribution < -0.4 is 0 Å². The molecule has 0 unspecified atom stereocenters. The number of rotatable bonds is 3. The fourth-order valence-corrected chi connectivity index (χ4v) is 1.79. The molecule has 0 heteroatoms. The summed E-state index contributed by atoms with van der Waals surface area (Å²) < 4.78 is 0. The van der Waals surface area contributed by atoms with Crippen molar-refractivity contribution in [3.05, 3.63) is 54.1 Å². The number of hydrogen-bond acceptors (Lipinski definition) is 0. The molecule has 0 nitrogen and oxygen atoms in total. The maximum absolute atomic E-state index is 2.26. The number of hydrogen-bond donors (Lipinski definition) is 0. The molecule has 16 heavy (non-hydrogen) atoms. The van der Waals surface area contributed by atoms with E-state index in [-0.39, 0.29) is 0 Å². The van der Waals surface area contributed by atoms with Crippen LogP contribution in [-0.2, 0) is 0 Å². The van der Waals surface area contributed by atoms with Crippen LogP contribution in [0.5, 0.6) is 0 Å². The SMILES string of the molecule is CC(C)C/C=C/c1ccc2ccccc2c1. The van der Waals surface area contributed by atoms with Crippen molar-refractivity contribution >= 4 is 16.8 Å². The highest BCUT2D eigenvalue weighted by molar-refractivity contribution is 5.84. The van der Waals surface area contributed by atoms with E-state index in [1.807, 2.05) is 0 Å². The molecule has 0 heterocycles. The molecule has 0 atom stereocenters. The van der Waals surface area contributed by atoms with E-state index in [1.165, 1.54) is 16.3 Å². The molecule has 2 aromatic carbocycles. The maximum atomic E-state index is 2.26. The van der Waals surface area contributed by atoms with E-state index >= 15 is 0 Å². The predicted molar refractivity (Wildman–Crippen MR) is 72.4 cm³/mol. The molecule has 0 aliphatic heterocycles. The van der Waals surface area contributed by atoms with E-state index in [4.69, 9.17) is 0 Å². The van der Waals surface area contributed by atoms with Crippen molar-refractivity contribution < 1.29 is 0 Å². The second-order valence-electron chi connectivity index (χ2n) is 4.64. The van der Waals surface area contributed by atoms with E-state index in [2.05, 4.69) is 68.5 Å². The van der Waals surface area contributed by atoms with Gasteiger partial charge < -0.3 is 0 Å². The van der Waals surface area contributed by atoms with Gasteiger partial charge in [0.1, 0.15) is 0 Å². The summed E-state index contributed by atoms with van der Waals surface area (Å²) in [5.74, 6) is 0.733. The van der Waals surface area contributed by atoms with Crippen LogP contribution in [0.4, 0.5) is 0 Å². The lowest BCUT2D eigenvalue weighted by Gasteiger charge is -2.00. The third-order valence-electron chi connectivity index (χ3n) is 2.69. The first kappa shape index (κ1) is 10.9. The quantitative estimate of drug-likeness (QED) is 0.676. The number of fused-ring (bicyclic) bond motifs is 1. The number of allylic oxidation sites excluding steroid dienone is 1. The predicted octanol–water partition coefficient (Wildman–Crippen LogP) is 4.90. The molecule has 0 fully saturated rings. The lowest BCUT2D eigenvalue weighted by molar-refractivity contribution is 0.665. The Morgan fingerprint density at radius 1 is 1.00 bits per heavy atom. The van der Waals surface area contributed by atoms with Gasteiger partial charge in [0.15, 0.2) is 0 Å². The smallest absolute Gasteiger partial charge is 0.0178 e. The Kier molecular flexibility index (Phi) is 3.40. The van der Waals surface area contributed by atoms with Crippen LogP contribution in [0, 0.1) is 5.92 Å². The summed E-state index contributed by atoms with van der Waals surface area (Å²) in [5.41, 5.74) is 1.29. The molecule has 0 bridgehead atoms. The molecule has 0 N–H and O–H groups in total. The standard InChI is InChI=1S/C16H18/c1-13(2)6-5-7-14-10-11-15-8-3-4-9-16(15)12-14/h3-5,7-13H,6H2,1-2H3/b7-5+.